The molecule has 10 nitrogen and oxygen atoms in total. The molecule has 0 bridgehead atoms. The van der Waals surface area contributed by atoms with Crippen molar-refractivity contribution >= 4 is 29.1 Å². The fraction of sp³-hybridized carbons (Fsp3) is 0.500. The number of ether oxygens (including phenoxy) is 1. The SMILES string of the molecule is CNc1ccc(CNC(=O)C2CC(Cc3cccc(OC)c3)CN2C(=O)CCCC(=O)N2CCCC2)cc1N=N. The Balaban J connectivity index is 1.40. The van der Waals surface area contributed by atoms with E-state index < -0.39 is 6.04 Å². The predicted molar refractivity (Wildman–Crippen MR) is 153 cm³/mol. The van der Waals surface area contributed by atoms with Crippen LogP contribution in [-0.2, 0) is 27.3 Å². The van der Waals surface area contributed by atoms with Gasteiger partial charge in [-0.2, -0.15) is 5.11 Å². The van der Waals surface area contributed by atoms with Crippen molar-refractivity contribution in [2.24, 2.45) is 11.0 Å². The van der Waals surface area contributed by atoms with Crippen LogP contribution in [0.25, 0.3) is 0 Å². The van der Waals surface area contributed by atoms with Gasteiger partial charge in [0.25, 0.3) is 0 Å². The fourth-order valence-electron chi connectivity index (χ4n) is 5.68. The summed E-state index contributed by atoms with van der Waals surface area (Å²) >= 11 is 0. The first kappa shape index (κ1) is 29.0. The molecule has 2 atom stereocenters. The number of likely N-dealkylation sites (tertiary alicyclic amines) is 2. The minimum absolute atomic E-state index is 0.0869. The number of hydrogen-bond donors (Lipinski definition) is 3. The van der Waals surface area contributed by atoms with Crippen molar-refractivity contribution in [2.75, 3.05) is 39.1 Å². The molecule has 2 aromatic carbocycles. The predicted octanol–water partition coefficient (Wildman–Crippen LogP) is 4.27. The maximum atomic E-state index is 13.4. The van der Waals surface area contributed by atoms with Gasteiger partial charge in [-0.1, -0.05) is 18.2 Å². The first-order valence-corrected chi connectivity index (χ1v) is 14.1. The summed E-state index contributed by atoms with van der Waals surface area (Å²) < 4.78 is 5.36. The molecule has 0 aromatic heterocycles. The van der Waals surface area contributed by atoms with E-state index in [1.54, 1.807) is 25.1 Å². The molecule has 10 heteroatoms. The summed E-state index contributed by atoms with van der Waals surface area (Å²) in [7, 11) is 3.40. The van der Waals surface area contributed by atoms with Crippen molar-refractivity contribution in [1.82, 2.24) is 15.1 Å². The second kappa shape index (κ2) is 13.9. The number of nitrogens with one attached hydrogen (secondary N) is 3. The molecule has 0 aliphatic carbocycles. The number of carbonyl (C=O) groups is 3. The van der Waals surface area contributed by atoms with Crippen LogP contribution in [0.2, 0.25) is 0 Å². The zero-order valence-corrected chi connectivity index (χ0v) is 23.4. The Morgan fingerprint density at radius 2 is 1.82 bits per heavy atom. The largest absolute Gasteiger partial charge is 0.497 e. The van der Waals surface area contributed by atoms with Crippen molar-refractivity contribution in [1.29, 1.82) is 5.53 Å². The summed E-state index contributed by atoms with van der Waals surface area (Å²) in [6, 6.07) is 12.8. The van der Waals surface area contributed by atoms with Gasteiger partial charge in [0.15, 0.2) is 0 Å². The molecule has 2 heterocycles. The van der Waals surface area contributed by atoms with Gasteiger partial charge in [0.1, 0.15) is 17.5 Å². The topological polar surface area (TPSA) is 127 Å². The highest BCUT2D eigenvalue weighted by Crippen LogP contribution is 2.29. The lowest BCUT2D eigenvalue weighted by Crippen LogP contribution is -2.45. The van der Waals surface area contributed by atoms with E-state index in [-0.39, 0.29) is 36.6 Å². The number of anilines is 1. The van der Waals surface area contributed by atoms with Gasteiger partial charge >= 0.3 is 0 Å². The molecule has 2 aliphatic rings. The monoisotopic (exact) mass is 548 g/mol. The third-order valence-corrected chi connectivity index (χ3v) is 7.83. The lowest BCUT2D eigenvalue weighted by molar-refractivity contribution is -0.139. The molecule has 0 spiro atoms. The van der Waals surface area contributed by atoms with E-state index in [2.05, 4.69) is 15.7 Å². The van der Waals surface area contributed by atoms with Gasteiger partial charge in [-0.25, -0.2) is 5.53 Å². The van der Waals surface area contributed by atoms with Crippen molar-refractivity contribution in [3.8, 4) is 5.75 Å². The van der Waals surface area contributed by atoms with E-state index in [4.69, 9.17) is 10.3 Å². The Bertz CT molecular complexity index is 1210. The van der Waals surface area contributed by atoms with E-state index in [1.165, 1.54) is 0 Å². The van der Waals surface area contributed by atoms with Gasteiger partial charge in [0, 0.05) is 46.1 Å². The highest BCUT2D eigenvalue weighted by Gasteiger charge is 2.39. The summed E-state index contributed by atoms with van der Waals surface area (Å²) in [4.78, 5) is 42.8. The van der Waals surface area contributed by atoms with Gasteiger partial charge < -0.3 is 25.2 Å². The molecule has 3 amide bonds. The van der Waals surface area contributed by atoms with E-state index in [9.17, 15) is 14.4 Å². The van der Waals surface area contributed by atoms with E-state index in [1.807, 2.05) is 41.3 Å². The maximum Gasteiger partial charge on any atom is 0.243 e. The van der Waals surface area contributed by atoms with Gasteiger partial charge in [-0.05, 0) is 73.4 Å². The number of hydrogen-bond acceptors (Lipinski definition) is 7. The number of amides is 3. The first-order chi connectivity index (χ1) is 19.4. The highest BCUT2D eigenvalue weighted by atomic mass is 16.5. The van der Waals surface area contributed by atoms with Gasteiger partial charge in [-0.3, -0.25) is 14.4 Å². The Kier molecular flexibility index (Phi) is 10.1. The zero-order chi connectivity index (χ0) is 28.5. The zero-order valence-electron chi connectivity index (χ0n) is 23.4. The van der Waals surface area contributed by atoms with E-state index >= 15 is 0 Å². The number of nitrogens with zero attached hydrogens (tertiary/aromatic N) is 3. The Labute approximate surface area is 236 Å². The minimum atomic E-state index is -0.575. The van der Waals surface area contributed by atoms with Crippen LogP contribution in [0.15, 0.2) is 47.6 Å². The van der Waals surface area contributed by atoms with Crippen LogP contribution in [0.3, 0.4) is 0 Å². The van der Waals surface area contributed by atoms with Crippen molar-refractivity contribution in [2.45, 2.75) is 57.5 Å². The molecular weight excluding hydrogens is 508 g/mol. The number of carbonyl (C=O) groups excluding carboxylic acids is 3. The Morgan fingerprint density at radius 1 is 1.05 bits per heavy atom. The van der Waals surface area contributed by atoms with E-state index in [0.29, 0.717) is 31.5 Å². The smallest absolute Gasteiger partial charge is 0.243 e. The van der Waals surface area contributed by atoms with Crippen molar-refractivity contribution in [3.05, 3.63) is 53.6 Å². The standard InChI is InChI=1S/C30H40N6O4/c1-32-25-12-11-22(17-26(25)34-31)19-33-30(39)27-18-23(15-21-7-5-8-24(16-21)40-2)20-36(27)29(38)10-6-9-28(37)35-13-3-4-14-35/h5,7-8,11-12,16-17,23,27,31-32H,3-4,6,9-10,13-15,18-20H2,1-2H3,(H,33,39). The second-order valence-corrected chi connectivity index (χ2v) is 10.6. The fourth-order valence-corrected chi connectivity index (χ4v) is 5.68. The maximum absolute atomic E-state index is 13.4. The molecule has 0 radical (unpaired) electrons. The summed E-state index contributed by atoms with van der Waals surface area (Å²) in [6.07, 6.45) is 4.47. The van der Waals surface area contributed by atoms with Crippen LogP contribution < -0.4 is 15.4 Å². The van der Waals surface area contributed by atoms with Crippen molar-refractivity contribution in [3.63, 3.8) is 0 Å². The Morgan fingerprint density at radius 3 is 2.55 bits per heavy atom. The number of benzene rings is 2. The lowest BCUT2D eigenvalue weighted by Gasteiger charge is -2.24. The molecular formula is C30H40N6O4. The number of rotatable bonds is 12. The van der Waals surface area contributed by atoms with Crippen LogP contribution in [0.5, 0.6) is 5.75 Å². The van der Waals surface area contributed by atoms with Crippen LogP contribution in [0.4, 0.5) is 11.4 Å². The van der Waals surface area contributed by atoms with E-state index in [0.717, 1.165) is 54.9 Å². The van der Waals surface area contributed by atoms with Gasteiger partial charge in [0.05, 0.1) is 12.8 Å². The van der Waals surface area contributed by atoms with Crippen LogP contribution in [-0.4, -0.2) is 67.4 Å². The molecule has 2 aliphatic heterocycles. The minimum Gasteiger partial charge on any atom is -0.497 e. The molecule has 0 saturated carbocycles. The molecule has 40 heavy (non-hydrogen) atoms. The average Bonchev–Trinajstić information content (AvgIpc) is 3.67. The molecule has 2 fully saturated rings. The van der Waals surface area contributed by atoms with Crippen LogP contribution in [0, 0.1) is 11.4 Å². The summed E-state index contributed by atoms with van der Waals surface area (Å²) in [5.41, 5.74) is 10.6. The third-order valence-electron chi connectivity index (χ3n) is 7.83. The van der Waals surface area contributed by atoms with Crippen molar-refractivity contribution < 1.29 is 19.1 Å². The average molecular weight is 549 g/mol. The number of methoxy groups -OCH3 is 1. The second-order valence-electron chi connectivity index (χ2n) is 10.6. The molecule has 4 rings (SSSR count). The molecule has 2 saturated heterocycles. The summed E-state index contributed by atoms with van der Waals surface area (Å²) in [5, 5.41) is 9.54. The van der Waals surface area contributed by atoms with Crippen LogP contribution >= 0.6 is 0 Å². The third kappa shape index (κ3) is 7.37. The van der Waals surface area contributed by atoms with Gasteiger partial charge in [-0.15, -0.1) is 0 Å². The molecule has 2 aromatic rings. The molecule has 2 unspecified atom stereocenters. The summed E-state index contributed by atoms with van der Waals surface area (Å²) in [6.45, 7) is 2.38. The highest BCUT2D eigenvalue weighted by molar-refractivity contribution is 5.88. The quantitative estimate of drug-likeness (QED) is 0.342. The molecule has 3 N–H and O–H groups in total. The Hall–Kier alpha value is -3.95. The van der Waals surface area contributed by atoms with Gasteiger partial charge in [0.2, 0.25) is 17.7 Å². The lowest BCUT2D eigenvalue weighted by atomic mass is 9.96. The van der Waals surface area contributed by atoms with Crippen LogP contribution in [0.1, 0.15) is 49.7 Å². The normalized spacial score (nSPS) is 18.4. The first-order valence-electron chi connectivity index (χ1n) is 14.1. The summed E-state index contributed by atoms with van der Waals surface area (Å²) in [5.74, 6) is 0.734. The molecule has 214 valence electrons.